The standard InChI is InChI=1S/C9H12O5/c1-6(10)4-5-7(8(11)13-2)9(12)14-3/h4-5,7H,1-3H3. The summed E-state index contributed by atoms with van der Waals surface area (Å²) in [5.41, 5.74) is 0. The molecular weight excluding hydrogens is 188 g/mol. The van der Waals surface area contributed by atoms with Crippen LogP contribution in [-0.4, -0.2) is 31.9 Å². The van der Waals surface area contributed by atoms with Crippen LogP contribution in [0.1, 0.15) is 6.92 Å². The number of esters is 2. The minimum Gasteiger partial charge on any atom is -0.468 e. The van der Waals surface area contributed by atoms with E-state index in [4.69, 9.17) is 0 Å². The largest absolute Gasteiger partial charge is 0.468 e. The molecule has 0 aromatic carbocycles. The third-order valence-electron chi connectivity index (χ3n) is 1.43. The first-order chi connectivity index (χ1) is 6.52. The van der Waals surface area contributed by atoms with Crippen molar-refractivity contribution in [2.45, 2.75) is 6.92 Å². The molecule has 5 nitrogen and oxygen atoms in total. The van der Waals surface area contributed by atoms with Crippen LogP contribution in [0.2, 0.25) is 0 Å². The van der Waals surface area contributed by atoms with Gasteiger partial charge in [0.2, 0.25) is 0 Å². The van der Waals surface area contributed by atoms with Crippen molar-refractivity contribution >= 4 is 17.7 Å². The van der Waals surface area contributed by atoms with Gasteiger partial charge >= 0.3 is 11.9 Å². The number of carbonyl (C=O) groups excluding carboxylic acids is 3. The van der Waals surface area contributed by atoms with Gasteiger partial charge in [0, 0.05) is 0 Å². The van der Waals surface area contributed by atoms with Gasteiger partial charge in [-0.2, -0.15) is 0 Å². The van der Waals surface area contributed by atoms with E-state index in [-0.39, 0.29) is 5.78 Å². The SMILES string of the molecule is COC(=O)C(C=CC(C)=O)C(=O)OC. The monoisotopic (exact) mass is 200 g/mol. The molecule has 0 saturated carbocycles. The lowest BCUT2D eigenvalue weighted by Crippen LogP contribution is -2.24. The molecule has 0 heterocycles. The Kier molecular flexibility index (Phi) is 5.21. The fourth-order valence-corrected chi connectivity index (χ4v) is 0.739. The van der Waals surface area contributed by atoms with Crippen LogP contribution in [0.15, 0.2) is 12.2 Å². The molecular formula is C9H12O5. The van der Waals surface area contributed by atoms with E-state index >= 15 is 0 Å². The molecule has 0 bridgehead atoms. The molecule has 78 valence electrons. The van der Waals surface area contributed by atoms with Gasteiger partial charge in [0.05, 0.1) is 14.2 Å². The topological polar surface area (TPSA) is 69.7 Å². The van der Waals surface area contributed by atoms with Crippen LogP contribution in [0.4, 0.5) is 0 Å². The van der Waals surface area contributed by atoms with E-state index < -0.39 is 17.9 Å². The van der Waals surface area contributed by atoms with Gasteiger partial charge in [-0.25, -0.2) is 0 Å². The summed E-state index contributed by atoms with van der Waals surface area (Å²) in [6.45, 7) is 1.31. The summed E-state index contributed by atoms with van der Waals surface area (Å²) in [4.78, 5) is 32.7. The first-order valence-electron chi connectivity index (χ1n) is 3.87. The van der Waals surface area contributed by atoms with Crippen LogP contribution in [0, 0.1) is 5.92 Å². The van der Waals surface area contributed by atoms with Gasteiger partial charge in [-0.3, -0.25) is 14.4 Å². The van der Waals surface area contributed by atoms with E-state index in [0.29, 0.717) is 0 Å². The second-order valence-corrected chi connectivity index (χ2v) is 2.49. The van der Waals surface area contributed by atoms with Gasteiger partial charge in [0.1, 0.15) is 0 Å². The number of rotatable bonds is 4. The third-order valence-corrected chi connectivity index (χ3v) is 1.43. The van der Waals surface area contributed by atoms with Crippen LogP contribution in [-0.2, 0) is 23.9 Å². The third kappa shape index (κ3) is 3.84. The van der Waals surface area contributed by atoms with Gasteiger partial charge in [-0.15, -0.1) is 0 Å². The number of ether oxygens (including phenoxy) is 2. The second kappa shape index (κ2) is 5.90. The lowest BCUT2D eigenvalue weighted by Gasteiger charge is -2.06. The number of ketones is 1. The lowest BCUT2D eigenvalue weighted by atomic mass is 10.1. The minimum atomic E-state index is -1.17. The van der Waals surface area contributed by atoms with Crippen LogP contribution in [0.5, 0.6) is 0 Å². The summed E-state index contributed by atoms with van der Waals surface area (Å²) in [5.74, 6) is -2.94. The Bertz CT molecular complexity index is 250. The lowest BCUT2D eigenvalue weighted by molar-refractivity contribution is -0.156. The molecule has 0 saturated heterocycles. The molecule has 0 aliphatic heterocycles. The molecule has 0 spiro atoms. The predicted molar refractivity (Wildman–Crippen MR) is 47.3 cm³/mol. The molecule has 14 heavy (non-hydrogen) atoms. The maximum absolute atomic E-state index is 11.0. The fourth-order valence-electron chi connectivity index (χ4n) is 0.739. The molecule has 0 rings (SSSR count). The summed E-state index contributed by atoms with van der Waals surface area (Å²) in [6.07, 6.45) is 2.28. The maximum Gasteiger partial charge on any atom is 0.323 e. The van der Waals surface area contributed by atoms with E-state index in [9.17, 15) is 14.4 Å². The number of hydrogen-bond acceptors (Lipinski definition) is 5. The molecule has 0 N–H and O–H groups in total. The fraction of sp³-hybridized carbons (Fsp3) is 0.444. The molecule has 0 aromatic rings. The number of hydrogen-bond donors (Lipinski definition) is 0. The number of carbonyl (C=O) groups is 3. The zero-order chi connectivity index (χ0) is 11.1. The van der Waals surface area contributed by atoms with Gasteiger partial charge in [-0.1, -0.05) is 6.08 Å². The van der Waals surface area contributed by atoms with Gasteiger partial charge in [0.15, 0.2) is 11.7 Å². The molecule has 0 amide bonds. The predicted octanol–water partition coefficient (Wildman–Crippen LogP) is 0.0938. The van der Waals surface area contributed by atoms with Gasteiger partial charge in [-0.05, 0) is 13.0 Å². The normalized spacial score (nSPS) is 10.3. The van der Waals surface area contributed by atoms with Gasteiger partial charge < -0.3 is 9.47 Å². The van der Waals surface area contributed by atoms with Crippen LogP contribution >= 0.6 is 0 Å². The Morgan fingerprint density at radius 2 is 1.50 bits per heavy atom. The van der Waals surface area contributed by atoms with Crippen molar-refractivity contribution in [1.29, 1.82) is 0 Å². The van der Waals surface area contributed by atoms with E-state index in [2.05, 4.69) is 9.47 Å². The summed E-state index contributed by atoms with van der Waals surface area (Å²) in [5, 5.41) is 0. The van der Waals surface area contributed by atoms with Crippen molar-refractivity contribution in [2.75, 3.05) is 14.2 Å². The highest BCUT2D eigenvalue weighted by Gasteiger charge is 2.25. The van der Waals surface area contributed by atoms with Crippen molar-refractivity contribution in [3.05, 3.63) is 12.2 Å². The molecule has 0 atom stereocenters. The highest BCUT2D eigenvalue weighted by molar-refractivity contribution is 5.98. The maximum atomic E-state index is 11.0. The number of methoxy groups -OCH3 is 2. The molecule has 0 aliphatic carbocycles. The van der Waals surface area contributed by atoms with Crippen molar-refractivity contribution < 1.29 is 23.9 Å². The first kappa shape index (κ1) is 12.3. The molecule has 0 radical (unpaired) electrons. The molecule has 0 fully saturated rings. The Morgan fingerprint density at radius 3 is 1.79 bits per heavy atom. The summed E-state index contributed by atoms with van der Waals surface area (Å²) in [6, 6.07) is 0. The number of allylic oxidation sites excluding steroid dienone is 1. The van der Waals surface area contributed by atoms with Crippen molar-refractivity contribution in [1.82, 2.24) is 0 Å². The smallest absolute Gasteiger partial charge is 0.323 e. The summed E-state index contributed by atoms with van der Waals surface area (Å²) < 4.78 is 8.73. The molecule has 5 heteroatoms. The zero-order valence-electron chi connectivity index (χ0n) is 8.27. The molecule has 0 aliphatic rings. The Morgan fingerprint density at radius 1 is 1.07 bits per heavy atom. The summed E-state index contributed by atoms with van der Waals surface area (Å²) >= 11 is 0. The van der Waals surface area contributed by atoms with Crippen molar-refractivity contribution in [3.8, 4) is 0 Å². The van der Waals surface area contributed by atoms with Crippen LogP contribution in [0.3, 0.4) is 0 Å². The van der Waals surface area contributed by atoms with Crippen molar-refractivity contribution in [3.63, 3.8) is 0 Å². The van der Waals surface area contributed by atoms with Crippen molar-refractivity contribution in [2.24, 2.45) is 5.92 Å². The first-order valence-corrected chi connectivity index (χ1v) is 3.87. The average Bonchev–Trinajstić information content (AvgIpc) is 2.16. The van der Waals surface area contributed by atoms with Crippen LogP contribution < -0.4 is 0 Å². The van der Waals surface area contributed by atoms with E-state index in [0.717, 1.165) is 26.4 Å². The quantitative estimate of drug-likeness (QED) is 0.365. The van der Waals surface area contributed by atoms with E-state index in [1.54, 1.807) is 0 Å². The zero-order valence-corrected chi connectivity index (χ0v) is 8.27. The highest BCUT2D eigenvalue weighted by atomic mass is 16.5. The summed E-state index contributed by atoms with van der Waals surface area (Å²) in [7, 11) is 2.31. The van der Waals surface area contributed by atoms with Gasteiger partial charge in [0.25, 0.3) is 0 Å². The van der Waals surface area contributed by atoms with Crippen LogP contribution in [0.25, 0.3) is 0 Å². The second-order valence-electron chi connectivity index (χ2n) is 2.49. The minimum absolute atomic E-state index is 0.261. The Labute approximate surface area is 81.7 Å². The average molecular weight is 200 g/mol. The Hall–Kier alpha value is -1.65. The highest BCUT2D eigenvalue weighted by Crippen LogP contribution is 2.04. The van der Waals surface area contributed by atoms with E-state index in [1.807, 2.05) is 0 Å². The van der Waals surface area contributed by atoms with E-state index in [1.165, 1.54) is 6.92 Å². The molecule has 0 unspecified atom stereocenters. The molecule has 0 aromatic heterocycles. The Balaban J connectivity index is 4.64.